The van der Waals surface area contributed by atoms with Crippen LogP contribution in [0, 0.1) is 0 Å². The largest absolute Gasteiger partial charge is 0.481 e. The van der Waals surface area contributed by atoms with Gasteiger partial charge in [0.15, 0.2) is 6.10 Å². The van der Waals surface area contributed by atoms with Crippen LogP contribution in [-0.2, 0) is 4.79 Å². The summed E-state index contributed by atoms with van der Waals surface area (Å²) in [7, 11) is 0. The molecule has 1 atom stereocenters. The van der Waals surface area contributed by atoms with Crippen molar-refractivity contribution in [1.82, 2.24) is 5.43 Å². The molecule has 0 spiro atoms. The number of ether oxygens (including phenoxy) is 1. The normalized spacial score (nSPS) is 12.2. The fraction of sp³-hybridized carbons (Fsp3) is 0.125. The molecule has 23 heavy (non-hydrogen) atoms. The molecule has 0 bridgehead atoms. The third-order valence-corrected chi connectivity index (χ3v) is 3.42. The maximum absolute atomic E-state index is 11.9. The Labute approximate surface area is 149 Å². The SMILES string of the molecule is CC(Oc1cccc(Cl)c1)C(=O)N/N=C/c1cc(Cl)cc(Cl)c1. The molecule has 0 aliphatic heterocycles. The van der Waals surface area contributed by atoms with Crippen molar-refractivity contribution in [2.45, 2.75) is 13.0 Å². The summed E-state index contributed by atoms with van der Waals surface area (Å²) in [5, 5.41) is 5.37. The maximum Gasteiger partial charge on any atom is 0.280 e. The average Bonchev–Trinajstić information content (AvgIpc) is 2.46. The molecule has 0 aromatic heterocycles. The summed E-state index contributed by atoms with van der Waals surface area (Å²) >= 11 is 17.6. The molecule has 0 saturated carbocycles. The molecule has 0 heterocycles. The van der Waals surface area contributed by atoms with Crippen LogP contribution in [0.5, 0.6) is 5.75 Å². The van der Waals surface area contributed by atoms with Crippen molar-refractivity contribution in [2.24, 2.45) is 5.10 Å². The first kappa shape index (κ1) is 17.6. The summed E-state index contributed by atoms with van der Waals surface area (Å²) in [4.78, 5) is 11.9. The number of hydrazone groups is 1. The highest BCUT2D eigenvalue weighted by molar-refractivity contribution is 6.35. The minimum absolute atomic E-state index is 0.394. The van der Waals surface area contributed by atoms with Gasteiger partial charge in [0.2, 0.25) is 0 Å². The number of hydrogen-bond donors (Lipinski definition) is 1. The summed E-state index contributed by atoms with van der Waals surface area (Å²) < 4.78 is 5.49. The molecule has 2 aromatic carbocycles. The van der Waals surface area contributed by atoms with Crippen LogP contribution in [0.4, 0.5) is 0 Å². The second kappa shape index (κ2) is 8.20. The lowest BCUT2D eigenvalue weighted by molar-refractivity contribution is -0.127. The van der Waals surface area contributed by atoms with E-state index >= 15 is 0 Å². The number of amides is 1. The topological polar surface area (TPSA) is 50.7 Å². The molecular formula is C16H13Cl3N2O2. The predicted octanol–water partition coefficient (Wildman–Crippen LogP) is 4.56. The van der Waals surface area contributed by atoms with Gasteiger partial charge in [-0.3, -0.25) is 4.79 Å². The van der Waals surface area contributed by atoms with Gasteiger partial charge in [-0.1, -0.05) is 40.9 Å². The summed E-state index contributed by atoms with van der Waals surface area (Å²) in [6.07, 6.45) is 0.718. The number of halogens is 3. The second-order valence-corrected chi connectivity index (χ2v) is 5.96. The van der Waals surface area contributed by atoms with Crippen molar-refractivity contribution in [3.05, 3.63) is 63.1 Å². The molecule has 0 aliphatic rings. The molecular weight excluding hydrogens is 359 g/mol. The van der Waals surface area contributed by atoms with Crippen LogP contribution in [0.3, 0.4) is 0 Å². The van der Waals surface area contributed by atoms with E-state index in [1.165, 1.54) is 6.21 Å². The van der Waals surface area contributed by atoms with E-state index in [-0.39, 0.29) is 0 Å². The Hall–Kier alpha value is -1.75. The maximum atomic E-state index is 11.9. The first-order valence-electron chi connectivity index (χ1n) is 6.65. The van der Waals surface area contributed by atoms with Gasteiger partial charge in [0, 0.05) is 15.1 Å². The third-order valence-electron chi connectivity index (χ3n) is 2.75. The molecule has 0 radical (unpaired) electrons. The van der Waals surface area contributed by atoms with Gasteiger partial charge in [0.25, 0.3) is 5.91 Å². The fourth-order valence-corrected chi connectivity index (χ4v) is 2.43. The van der Waals surface area contributed by atoms with Gasteiger partial charge in [-0.2, -0.15) is 5.10 Å². The molecule has 1 amide bonds. The van der Waals surface area contributed by atoms with E-state index in [0.717, 1.165) is 0 Å². The van der Waals surface area contributed by atoms with Gasteiger partial charge in [0.05, 0.1) is 6.21 Å². The van der Waals surface area contributed by atoms with Crippen molar-refractivity contribution < 1.29 is 9.53 Å². The highest BCUT2D eigenvalue weighted by Gasteiger charge is 2.13. The highest BCUT2D eigenvalue weighted by atomic mass is 35.5. The van der Waals surface area contributed by atoms with Gasteiger partial charge in [0.1, 0.15) is 5.75 Å². The molecule has 2 rings (SSSR count). The number of hydrogen-bond acceptors (Lipinski definition) is 3. The zero-order valence-corrected chi connectivity index (χ0v) is 14.4. The van der Waals surface area contributed by atoms with Crippen molar-refractivity contribution in [1.29, 1.82) is 0 Å². The zero-order chi connectivity index (χ0) is 16.8. The monoisotopic (exact) mass is 370 g/mol. The van der Waals surface area contributed by atoms with Gasteiger partial charge in [-0.05, 0) is 48.9 Å². The van der Waals surface area contributed by atoms with Crippen molar-refractivity contribution in [3.8, 4) is 5.75 Å². The number of carbonyl (C=O) groups is 1. The highest BCUT2D eigenvalue weighted by Crippen LogP contribution is 2.19. The van der Waals surface area contributed by atoms with E-state index < -0.39 is 12.0 Å². The molecule has 1 N–H and O–H groups in total. The van der Waals surface area contributed by atoms with Gasteiger partial charge < -0.3 is 4.74 Å². The quantitative estimate of drug-likeness (QED) is 0.618. The van der Waals surface area contributed by atoms with E-state index in [2.05, 4.69) is 10.5 Å². The fourth-order valence-electron chi connectivity index (χ4n) is 1.71. The Bertz CT molecular complexity index is 715. The second-order valence-electron chi connectivity index (χ2n) is 4.65. The number of carbonyl (C=O) groups excluding carboxylic acids is 1. The molecule has 2 aromatic rings. The molecule has 0 fully saturated rings. The number of benzene rings is 2. The third kappa shape index (κ3) is 5.75. The van der Waals surface area contributed by atoms with Crippen LogP contribution in [0.2, 0.25) is 15.1 Å². The van der Waals surface area contributed by atoms with Crippen LogP contribution < -0.4 is 10.2 Å². The van der Waals surface area contributed by atoms with Crippen LogP contribution in [0.1, 0.15) is 12.5 Å². The Morgan fingerprint density at radius 3 is 2.48 bits per heavy atom. The lowest BCUT2D eigenvalue weighted by Gasteiger charge is -2.12. The van der Waals surface area contributed by atoms with E-state index in [0.29, 0.717) is 26.4 Å². The number of nitrogens with one attached hydrogen (secondary N) is 1. The molecule has 1 unspecified atom stereocenters. The minimum Gasteiger partial charge on any atom is -0.481 e. The van der Waals surface area contributed by atoms with E-state index in [4.69, 9.17) is 39.5 Å². The Morgan fingerprint density at radius 2 is 1.83 bits per heavy atom. The predicted molar refractivity (Wildman–Crippen MR) is 93.7 cm³/mol. The summed E-state index contributed by atoms with van der Waals surface area (Å²) in [6.45, 7) is 1.61. The molecule has 0 saturated heterocycles. The summed E-state index contributed by atoms with van der Waals surface area (Å²) in [5.74, 6) is 0.111. The smallest absolute Gasteiger partial charge is 0.280 e. The Morgan fingerprint density at radius 1 is 1.13 bits per heavy atom. The Balaban J connectivity index is 1.92. The first-order valence-corrected chi connectivity index (χ1v) is 7.78. The van der Waals surface area contributed by atoms with E-state index in [9.17, 15) is 4.79 Å². The van der Waals surface area contributed by atoms with E-state index in [1.807, 2.05) is 0 Å². The van der Waals surface area contributed by atoms with Gasteiger partial charge in [-0.15, -0.1) is 0 Å². The number of rotatable bonds is 5. The lowest BCUT2D eigenvalue weighted by Crippen LogP contribution is -2.33. The lowest BCUT2D eigenvalue weighted by atomic mass is 10.2. The van der Waals surface area contributed by atoms with Gasteiger partial charge in [-0.25, -0.2) is 5.43 Å². The molecule has 7 heteroatoms. The molecule has 4 nitrogen and oxygen atoms in total. The molecule has 0 aliphatic carbocycles. The zero-order valence-electron chi connectivity index (χ0n) is 12.1. The minimum atomic E-state index is -0.728. The van der Waals surface area contributed by atoms with Crippen LogP contribution in [-0.4, -0.2) is 18.2 Å². The average molecular weight is 372 g/mol. The standard InChI is InChI=1S/C16H13Cl3N2O2/c1-10(23-15-4-2-3-12(17)8-15)16(22)21-20-9-11-5-13(18)7-14(19)6-11/h2-10H,1H3,(H,21,22)/b20-9+. The van der Waals surface area contributed by atoms with E-state index in [1.54, 1.807) is 49.4 Å². The number of nitrogens with zero attached hydrogens (tertiary/aromatic N) is 1. The van der Waals surface area contributed by atoms with Crippen LogP contribution >= 0.6 is 34.8 Å². The van der Waals surface area contributed by atoms with Crippen molar-refractivity contribution >= 4 is 46.9 Å². The Kier molecular flexibility index (Phi) is 6.28. The van der Waals surface area contributed by atoms with Gasteiger partial charge >= 0.3 is 0 Å². The first-order chi connectivity index (χ1) is 10.9. The summed E-state index contributed by atoms with van der Waals surface area (Å²) in [5.41, 5.74) is 3.06. The van der Waals surface area contributed by atoms with Crippen molar-refractivity contribution in [2.75, 3.05) is 0 Å². The van der Waals surface area contributed by atoms with Crippen LogP contribution in [0.15, 0.2) is 47.6 Å². The molecule has 120 valence electrons. The van der Waals surface area contributed by atoms with Crippen molar-refractivity contribution in [3.63, 3.8) is 0 Å². The summed E-state index contributed by atoms with van der Waals surface area (Å²) in [6, 6.07) is 11.8. The van der Waals surface area contributed by atoms with Crippen LogP contribution in [0.25, 0.3) is 0 Å².